The van der Waals surface area contributed by atoms with Crippen LogP contribution in [0.1, 0.15) is 46.4 Å². The monoisotopic (exact) mass is 366 g/mol. The van der Waals surface area contributed by atoms with Gasteiger partial charge in [0.25, 0.3) is 5.91 Å². The Morgan fingerprint density at radius 3 is 2.30 bits per heavy atom. The van der Waals surface area contributed by atoms with Crippen molar-refractivity contribution in [2.24, 2.45) is 0 Å². The van der Waals surface area contributed by atoms with Crippen LogP contribution in [-0.4, -0.2) is 47.4 Å². The first-order chi connectivity index (χ1) is 13.1. The Morgan fingerprint density at radius 2 is 1.63 bits per heavy atom. The lowest BCUT2D eigenvalue weighted by atomic mass is 10.0. The molecule has 0 spiro atoms. The first kappa shape index (κ1) is 19.1. The molecule has 142 valence electrons. The number of hydrogen-bond donors (Lipinski definition) is 2. The van der Waals surface area contributed by atoms with Gasteiger partial charge in [0.15, 0.2) is 5.78 Å². The summed E-state index contributed by atoms with van der Waals surface area (Å²) in [6, 6.07) is 15.9. The molecule has 0 unspecified atom stereocenters. The molecule has 0 saturated carbocycles. The number of phenols is 1. The molecule has 0 atom stereocenters. The van der Waals surface area contributed by atoms with Crippen molar-refractivity contribution in [1.29, 1.82) is 0 Å². The third-order valence-corrected chi connectivity index (χ3v) is 5.03. The highest BCUT2D eigenvalue weighted by Crippen LogP contribution is 2.15. The summed E-state index contributed by atoms with van der Waals surface area (Å²) in [5, 5.41) is 12.4. The zero-order chi connectivity index (χ0) is 19.1. The van der Waals surface area contributed by atoms with E-state index in [0.29, 0.717) is 17.5 Å². The second-order valence-electron chi connectivity index (χ2n) is 7.03. The lowest BCUT2D eigenvalue weighted by Crippen LogP contribution is -2.44. The van der Waals surface area contributed by atoms with Gasteiger partial charge in [0, 0.05) is 36.7 Å². The van der Waals surface area contributed by atoms with Crippen LogP contribution >= 0.6 is 0 Å². The minimum absolute atomic E-state index is 0.00598. The van der Waals surface area contributed by atoms with E-state index in [9.17, 15) is 14.7 Å². The van der Waals surface area contributed by atoms with Crippen LogP contribution in [0.4, 0.5) is 0 Å². The molecule has 2 N–H and O–H groups in total. The highest BCUT2D eigenvalue weighted by Gasteiger charge is 2.21. The van der Waals surface area contributed by atoms with Gasteiger partial charge in [-0.25, -0.2) is 0 Å². The molecule has 0 aromatic heterocycles. The summed E-state index contributed by atoms with van der Waals surface area (Å²) in [5.74, 6) is 0.280. The molecule has 27 heavy (non-hydrogen) atoms. The number of hydrogen-bond acceptors (Lipinski definition) is 4. The summed E-state index contributed by atoms with van der Waals surface area (Å²) in [6.07, 6.45) is 3.20. The van der Waals surface area contributed by atoms with Crippen molar-refractivity contribution in [3.8, 4) is 5.75 Å². The van der Waals surface area contributed by atoms with Crippen LogP contribution in [0.25, 0.3) is 0 Å². The Bertz CT molecular complexity index is 751. The SMILES string of the molecule is O=C(CCCN1CCC(NC(=O)c2ccccc2)CC1)c1ccc(O)cc1. The second kappa shape index (κ2) is 9.33. The number of aromatic hydroxyl groups is 1. The Kier molecular flexibility index (Phi) is 6.60. The van der Waals surface area contributed by atoms with E-state index in [-0.39, 0.29) is 23.5 Å². The van der Waals surface area contributed by atoms with E-state index in [1.54, 1.807) is 24.3 Å². The number of nitrogens with one attached hydrogen (secondary N) is 1. The Hall–Kier alpha value is -2.66. The van der Waals surface area contributed by atoms with Crippen LogP contribution in [0.2, 0.25) is 0 Å². The van der Waals surface area contributed by atoms with E-state index in [1.165, 1.54) is 0 Å². The normalized spacial score (nSPS) is 15.4. The van der Waals surface area contributed by atoms with Crippen molar-refractivity contribution in [2.75, 3.05) is 19.6 Å². The maximum absolute atomic E-state index is 12.2. The van der Waals surface area contributed by atoms with Crippen LogP contribution in [0.3, 0.4) is 0 Å². The van der Waals surface area contributed by atoms with E-state index >= 15 is 0 Å². The van der Waals surface area contributed by atoms with Gasteiger partial charge in [-0.1, -0.05) is 18.2 Å². The fourth-order valence-corrected chi connectivity index (χ4v) is 3.41. The number of ketones is 1. The van der Waals surface area contributed by atoms with Gasteiger partial charge < -0.3 is 15.3 Å². The predicted molar refractivity (Wildman–Crippen MR) is 105 cm³/mol. The fraction of sp³-hybridized carbons (Fsp3) is 0.364. The summed E-state index contributed by atoms with van der Waals surface area (Å²) in [7, 11) is 0. The molecule has 0 radical (unpaired) electrons. The van der Waals surface area contributed by atoms with Gasteiger partial charge in [0.1, 0.15) is 5.75 Å². The molecule has 2 aromatic carbocycles. The first-order valence-corrected chi connectivity index (χ1v) is 9.52. The summed E-state index contributed by atoms with van der Waals surface area (Å²) in [4.78, 5) is 26.7. The average molecular weight is 366 g/mol. The van der Waals surface area contributed by atoms with Crippen molar-refractivity contribution < 1.29 is 14.7 Å². The van der Waals surface area contributed by atoms with Crippen molar-refractivity contribution in [2.45, 2.75) is 31.7 Å². The van der Waals surface area contributed by atoms with Crippen LogP contribution < -0.4 is 5.32 Å². The predicted octanol–water partition coefficient (Wildman–Crippen LogP) is 3.25. The number of piperidine rings is 1. The molecule has 2 aromatic rings. The van der Waals surface area contributed by atoms with Gasteiger partial charge >= 0.3 is 0 Å². The van der Waals surface area contributed by atoms with E-state index in [2.05, 4.69) is 10.2 Å². The summed E-state index contributed by atoms with van der Waals surface area (Å²) < 4.78 is 0. The molecule has 5 nitrogen and oxygen atoms in total. The van der Waals surface area contributed by atoms with E-state index < -0.39 is 0 Å². The highest BCUT2D eigenvalue weighted by molar-refractivity contribution is 5.96. The van der Waals surface area contributed by atoms with Crippen LogP contribution in [0, 0.1) is 0 Å². The summed E-state index contributed by atoms with van der Waals surface area (Å²) in [5.41, 5.74) is 1.35. The number of phenolic OH excluding ortho intramolecular Hbond substituents is 1. The van der Waals surface area contributed by atoms with Gasteiger partial charge in [0.2, 0.25) is 0 Å². The zero-order valence-electron chi connectivity index (χ0n) is 15.4. The second-order valence-corrected chi connectivity index (χ2v) is 7.03. The Labute approximate surface area is 160 Å². The van der Waals surface area contributed by atoms with Crippen LogP contribution in [0.15, 0.2) is 54.6 Å². The number of amides is 1. The number of benzene rings is 2. The molecular formula is C22H26N2O3. The Morgan fingerprint density at radius 1 is 0.963 bits per heavy atom. The molecule has 0 aliphatic carbocycles. The van der Waals surface area contributed by atoms with Crippen molar-refractivity contribution in [3.63, 3.8) is 0 Å². The number of carbonyl (C=O) groups is 2. The minimum atomic E-state index is -0.00598. The van der Waals surface area contributed by atoms with Gasteiger partial charge in [-0.05, 0) is 62.2 Å². The molecule has 1 heterocycles. The minimum Gasteiger partial charge on any atom is -0.508 e. The van der Waals surface area contributed by atoms with Crippen LogP contribution in [-0.2, 0) is 0 Å². The lowest BCUT2D eigenvalue weighted by Gasteiger charge is -2.32. The van der Waals surface area contributed by atoms with Crippen LogP contribution in [0.5, 0.6) is 5.75 Å². The Balaban J connectivity index is 1.35. The molecule has 5 heteroatoms. The molecule has 1 amide bonds. The third kappa shape index (κ3) is 5.66. The fourth-order valence-electron chi connectivity index (χ4n) is 3.41. The number of Topliss-reactive ketones (excluding diaryl/α,β-unsaturated/α-hetero) is 1. The quantitative estimate of drug-likeness (QED) is 0.738. The zero-order valence-corrected chi connectivity index (χ0v) is 15.4. The molecule has 1 fully saturated rings. The van der Waals surface area contributed by atoms with E-state index in [1.807, 2.05) is 30.3 Å². The molecule has 1 aliphatic heterocycles. The first-order valence-electron chi connectivity index (χ1n) is 9.52. The number of nitrogens with zero attached hydrogens (tertiary/aromatic N) is 1. The van der Waals surface area contributed by atoms with Gasteiger partial charge in [0.05, 0.1) is 0 Å². The summed E-state index contributed by atoms with van der Waals surface area (Å²) in [6.45, 7) is 2.77. The van der Waals surface area contributed by atoms with Gasteiger partial charge in [-0.2, -0.15) is 0 Å². The number of likely N-dealkylation sites (tertiary alicyclic amines) is 1. The summed E-state index contributed by atoms with van der Waals surface area (Å²) >= 11 is 0. The van der Waals surface area contributed by atoms with Crippen molar-refractivity contribution in [1.82, 2.24) is 10.2 Å². The van der Waals surface area contributed by atoms with E-state index in [0.717, 1.165) is 38.9 Å². The standard InChI is InChI=1S/C22H26N2O3/c25-20-10-8-17(9-11-20)21(26)7-4-14-24-15-12-19(13-16-24)23-22(27)18-5-2-1-3-6-18/h1-3,5-6,8-11,19,25H,4,7,12-16H2,(H,23,27). The van der Waals surface area contributed by atoms with Gasteiger partial charge in [-0.3, -0.25) is 9.59 Å². The highest BCUT2D eigenvalue weighted by atomic mass is 16.3. The smallest absolute Gasteiger partial charge is 0.251 e. The topological polar surface area (TPSA) is 69.6 Å². The van der Waals surface area contributed by atoms with Crippen molar-refractivity contribution in [3.05, 3.63) is 65.7 Å². The largest absolute Gasteiger partial charge is 0.508 e. The molecular weight excluding hydrogens is 340 g/mol. The molecule has 0 bridgehead atoms. The lowest BCUT2D eigenvalue weighted by molar-refractivity contribution is 0.0903. The number of rotatable bonds is 7. The molecule has 1 aliphatic rings. The van der Waals surface area contributed by atoms with E-state index in [4.69, 9.17) is 0 Å². The average Bonchev–Trinajstić information content (AvgIpc) is 2.70. The number of carbonyl (C=O) groups excluding carboxylic acids is 2. The molecule has 3 rings (SSSR count). The van der Waals surface area contributed by atoms with Crippen molar-refractivity contribution >= 4 is 11.7 Å². The maximum Gasteiger partial charge on any atom is 0.251 e. The third-order valence-electron chi connectivity index (χ3n) is 5.03. The van der Waals surface area contributed by atoms with Gasteiger partial charge in [-0.15, -0.1) is 0 Å². The maximum atomic E-state index is 12.2. The molecule has 1 saturated heterocycles.